The van der Waals surface area contributed by atoms with Crippen LogP contribution in [0.5, 0.6) is 0 Å². The molecule has 1 atom stereocenters. The lowest BCUT2D eigenvalue weighted by molar-refractivity contribution is -0.113. The third-order valence-electron chi connectivity index (χ3n) is 5.78. The number of hydrogen-bond acceptors (Lipinski definition) is 7. The van der Waals surface area contributed by atoms with Gasteiger partial charge in [-0.3, -0.25) is 9.36 Å². The molecule has 0 unspecified atom stereocenters. The Morgan fingerprint density at radius 1 is 1.32 bits per heavy atom. The van der Waals surface area contributed by atoms with Crippen molar-refractivity contribution in [2.45, 2.75) is 50.4 Å². The van der Waals surface area contributed by atoms with Gasteiger partial charge in [0.05, 0.1) is 30.0 Å². The van der Waals surface area contributed by atoms with Crippen LogP contribution in [0.2, 0.25) is 0 Å². The molecule has 2 aromatic rings. The average Bonchev–Trinajstić information content (AvgIpc) is 3.43. The minimum Gasteiger partial charge on any atom is -0.376 e. The highest BCUT2D eigenvalue weighted by Crippen LogP contribution is 2.28. The van der Waals surface area contributed by atoms with Crippen LogP contribution in [-0.4, -0.2) is 52.2 Å². The van der Waals surface area contributed by atoms with Gasteiger partial charge in [-0.05, 0) is 49.8 Å². The molecule has 164 valence electrons. The lowest BCUT2D eigenvalue weighted by atomic mass is 10.00. The summed E-state index contributed by atoms with van der Waals surface area (Å²) in [5, 5.41) is 21.5. The van der Waals surface area contributed by atoms with E-state index in [2.05, 4.69) is 38.0 Å². The summed E-state index contributed by atoms with van der Waals surface area (Å²) < 4.78 is 7.98. The molecule has 1 aromatic heterocycles. The summed E-state index contributed by atoms with van der Waals surface area (Å²) in [5.41, 5.74) is 1.14. The number of benzene rings is 1. The maximum absolute atomic E-state index is 12.5. The standard InChI is InChI=1S/C22H28N6O2S/c1-16-7-9-27(10-8-16)21-25-26-22(28(21)14-19-6-3-11-30-19)31-15-20(29)24-18-5-2-4-17(12-18)13-23/h2,4-5,12,16,19H,3,6-11,14-15H2,1H3,(H,24,29)/t19-/m1/s1. The first-order valence-corrected chi connectivity index (χ1v) is 11.8. The number of piperidine rings is 1. The lowest BCUT2D eigenvalue weighted by Crippen LogP contribution is -2.35. The van der Waals surface area contributed by atoms with E-state index in [0.29, 0.717) is 17.8 Å². The van der Waals surface area contributed by atoms with Gasteiger partial charge in [-0.1, -0.05) is 24.8 Å². The Morgan fingerprint density at radius 3 is 2.90 bits per heavy atom. The largest absolute Gasteiger partial charge is 0.376 e. The fraction of sp³-hybridized carbons (Fsp3) is 0.545. The predicted molar refractivity (Wildman–Crippen MR) is 120 cm³/mol. The van der Waals surface area contributed by atoms with E-state index in [1.54, 1.807) is 24.3 Å². The van der Waals surface area contributed by atoms with E-state index < -0.39 is 0 Å². The Hall–Kier alpha value is -2.57. The van der Waals surface area contributed by atoms with Gasteiger partial charge in [0.2, 0.25) is 11.9 Å². The zero-order chi connectivity index (χ0) is 21.6. The monoisotopic (exact) mass is 440 g/mol. The van der Waals surface area contributed by atoms with E-state index in [1.165, 1.54) is 11.8 Å². The van der Waals surface area contributed by atoms with Crippen molar-refractivity contribution in [3.05, 3.63) is 29.8 Å². The van der Waals surface area contributed by atoms with Crippen LogP contribution in [0.15, 0.2) is 29.4 Å². The fourth-order valence-corrected chi connectivity index (χ4v) is 4.72. The molecular formula is C22H28N6O2S. The maximum atomic E-state index is 12.5. The average molecular weight is 441 g/mol. The number of hydrogen-bond donors (Lipinski definition) is 1. The fourth-order valence-electron chi connectivity index (χ4n) is 3.98. The van der Waals surface area contributed by atoms with E-state index in [9.17, 15) is 4.79 Å². The molecule has 0 bridgehead atoms. The number of amides is 1. The number of nitrogens with zero attached hydrogens (tertiary/aromatic N) is 5. The van der Waals surface area contributed by atoms with Gasteiger partial charge in [0.1, 0.15) is 0 Å². The summed E-state index contributed by atoms with van der Waals surface area (Å²) in [7, 11) is 0. The molecule has 0 saturated carbocycles. The highest BCUT2D eigenvalue weighted by Gasteiger charge is 2.26. The summed E-state index contributed by atoms with van der Waals surface area (Å²) in [6.45, 7) is 5.76. The Balaban J connectivity index is 1.43. The number of carbonyl (C=O) groups is 1. The Labute approximate surface area is 187 Å². The molecule has 31 heavy (non-hydrogen) atoms. The van der Waals surface area contributed by atoms with Gasteiger partial charge < -0.3 is 15.0 Å². The van der Waals surface area contributed by atoms with Crippen LogP contribution in [0.25, 0.3) is 0 Å². The quantitative estimate of drug-likeness (QED) is 0.660. The zero-order valence-corrected chi connectivity index (χ0v) is 18.6. The summed E-state index contributed by atoms with van der Waals surface area (Å²) in [6.07, 6.45) is 4.59. The topological polar surface area (TPSA) is 96.1 Å². The number of thioether (sulfide) groups is 1. The van der Waals surface area contributed by atoms with Gasteiger partial charge in [0.25, 0.3) is 0 Å². The molecule has 4 rings (SSSR count). The molecule has 1 aromatic carbocycles. The smallest absolute Gasteiger partial charge is 0.234 e. The van der Waals surface area contributed by atoms with E-state index in [-0.39, 0.29) is 17.8 Å². The summed E-state index contributed by atoms with van der Waals surface area (Å²) in [4.78, 5) is 14.8. The molecule has 0 spiro atoms. The normalized spacial score (nSPS) is 19.4. The van der Waals surface area contributed by atoms with E-state index in [1.807, 2.05) is 0 Å². The third-order valence-corrected chi connectivity index (χ3v) is 6.75. The Bertz CT molecular complexity index is 942. The van der Waals surface area contributed by atoms with Crippen LogP contribution in [-0.2, 0) is 16.1 Å². The second-order valence-electron chi connectivity index (χ2n) is 8.23. The van der Waals surface area contributed by atoms with Gasteiger partial charge in [0, 0.05) is 25.4 Å². The zero-order valence-electron chi connectivity index (χ0n) is 17.8. The van der Waals surface area contributed by atoms with Crippen molar-refractivity contribution >= 4 is 29.3 Å². The molecule has 2 fully saturated rings. The second kappa shape index (κ2) is 10.2. The number of nitriles is 1. The molecule has 3 heterocycles. The van der Waals surface area contributed by atoms with Crippen LogP contribution in [0.4, 0.5) is 11.6 Å². The van der Waals surface area contributed by atoms with Crippen LogP contribution in [0.3, 0.4) is 0 Å². The molecule has 1 amide bonds. The summed E-state index contributed by atoms with van der Waals surface area (Å²) in [5.74, 6) is 1.70. The lowest BCUT2D eigenvalue weighted by Gasteiger charge is -2.31. The highest BCUT2D eigenvalue weighted by molar-refractivity contribution is 7.99. The molecule has 0 aliphatic carbocycles. The first kappa shape index (κ1) is 21.7. The van der Waals surface area contributed by atoms with E-state index in [4.69, 9.17) is 10.00 Å². The minimum atomic E-state index is -0.139. The van der Waals surface area contributed by atoms with Crippen molar-refractivity contribution in [1.29, 1.82) is 5.26 Å². The summed E-state index contributed by atoms with van der Waals surface area (Å²) >= 11 is 1.38. The van der Waals surface area contributed by atoms with Crippen molar-refractivity contribution in [3.8, 4) is 6.07 Å². The number of aromatic nitrogens is 3. The number of rotatable bonds is 7. The number of carbonyl (C=O) groups excluding carboxylic acids is 1. The van der Waals surface area contributed by atoms with Crippen LogP contribution >= 0.6 is 11.8 Å². The van der Waals surface area contributed by atoms with Crippen molar-refractivity contribution in [1.82, 2.24) is 14.8 Å². The van der Waals surface area contributed by atoms with Crippen LogP contribution in [0.1, 0.15) is 38.2 Å². The van der Waals surface area contributed by atoms with Crippen LogP contribution in [0, 0.1) is 17.2 Å². The SMILES string of the molecule is CC1CCN(c2nnc(SCC(=O)Nc3cccc(C#N)c3)n2C[C@H]2CCCO2)CC1. The van der Waals surface area contributed by atoms with Gasteiger partial charge in [0.15, 0.2) is 5.16 Å². The van der Waals surface area contributed by atoms with Crippen molar-refractivity contribution in [2.24, 2.45) is 5.92 Å². The third kappa shape index (κ3) is 5.57. The molecule has 8 nitrogen and oxygen atoms in total. The highest BCUT2D eigenvalue weighted by atomic mass is 32.2. The molecular weight excluding hydrogens is 412 g/mol. The number of anilines is 2. The molecule has 1 N–H and O–H groups in total. The number of ether oxygens (including phenoxy) is 1. The first-order chi connectivity index (χ1) is 15.1. The number of nitrogens with one attached hydrogen (secondary N) is 1. The van der Waals surface area contributed by atoms with Crippen molar-refractivity contribution in [3.63, 3.8) is 0 Å². The van der Waals surface area contributed by atoms with Gasteiger partial charge in [-0.2, -0.15) is 5.26 Å². The molecule has 2 aliphatic heterocycles. The van der Waals surface area contributed by atoms with Crippen molar-refractivity contribution < 1.29 is 9.53 Å². The van der Waals surface area contributed by atoms with Gasteiger partial charge >= 0.3 is 0 Å². The predicted octanol–water partition coefficient (Wildman–Crippen LogP) is 3.30. The van der Waals surface area contributed by atoms with Gasteiger partial charge in [-0.15, -0.1) is 10.2 Å². The minimum absolute atomic E-state index is 0.139. The molecule has 2 aliphatic rings. The van der Waals surface area contributed by atoms with Crippen LogP contribution < -0.4 is 10.2 Å². The maximum Gasteiger partial charge on any atom is 0.234 e. The van der Waals surface area contributed by atoms with Crippen molar-refractivity contribution in [2.75, 3.05) is 35.7 Å². The Kier molecular flexibility index (Phi) is 7.10. The van der Waals surface area contributed by atoms with E-state index in [0.717, 1.165) is 62.4 Å². The molecule has 0 radical (unpaired) electrons. The molecule has 2 saturated heterocycles. The van der Waals surface area contributed by atoms with E-state index >= 15 is 0 Å². The Morgan fingerprint density at radius 2 is 2.16 bits per heavy atom. The van der Waals surface area contributed by atoms with Gasteiger partial charge in [-0.25, -0.2) is 0 Å². The second-order valence-corrected chi connectivity index (χ2v) is 9.17. The molecule has 9 heteroatoms. The summed E-state index contributed by atoms with van der Waals surface area (Å²) in [6, 6.07) is 8.99. The first-order valence-electron chi connectivity index (χ1n) is 10.8.